The van der Waals surface area contributed by atoms with Crippen molar-refractivity contribution in [1.29, 1.82) is 0 Å². The maximum Gasteiger partial charge on any atom is 0.511 e. The Balaban J connectivity index is 2.27. The van der Waals surface area contributed by atoms with Gasteiger partial charge in [0, 0.05) is 6.10 Å². The summed E-state index contributed by atoms with van der Waals surface area (Å²) in [5.41, 5.74) is 3.98. The maximum absolute atomic E-state index is 10.8. The van der Waals surface area contributed by atoms with Crippen molar-refractivity contribution in [2.24, 2.45) is 0 Å². The normalized spacial score (nSPS) is 15.9. The summed E-state index contributed by atoms with van der Waals surface area (Å²) >= 11 is 0. The zero-order chi connectivity index (χ0) is 15.3. The largest absolute Gasteiger partial charge is 0.511 e. The highest BCUT2D eigenvalue weighted by atomic mass is 28.4. The molecule has 0 saturated heterocycles. The average molecular weight is 300 g/mol. The van der Waals surface area contributed by atoms with E-state index in [0.29, 0.717) is 0 Å². The summed E-state index contributed by atoms with van der Waals surface area (Å²) in [4.78, 5) is 21.6. The van der Waals surface area contributed by atoms with Gasteiger partial charge in [-0.25, -0.2) is 0 Å². The Morgan fingerprint density at radius 3 is 1.76 bits per heavy atom. The van der Waals surface area contributed by atoms with E-state index in [0.717, 1.165) is 22.3 Å². The van der Waals surface area contributed by atoms with Crippen LogP contribution in [0.1, 0.15) is 31.9 Å². The number of rotatable bonds is 3. The van der Waals surface area contributed by atoms with E-state index in [4.69, 9.17) is 4.43 Å². The molecule has 0 radical (unpaired) electrons. The van der Waals surface area contributed by atoms with Crippen molar-refractivity contribution in [3.63, 3.8) is 0 Å². The highest BCUT2D eigenvalue weighted by Crippen LogP contribution is 2.51. The van der Waals surface area contributed by atoms with Crippen LogP contribution < -0.4 is 0 Å². The van der Waals surface area contributed by atoms with Crippen LogP contribution in [0.2, 0.25) is 0 Å². The molecule has 1 aliphatic rings. The Bertz CT molecular complexity index is 634. The zero-order valence-electron chi connectivity index (χ0n) is 12.5. The molecular formula is C17H20O3Si. The standard InChI is InChI=1S/C17H20O3Si/c1-12(2)20-21(18,19)17(3)15-10-6-4-8-13(15)14-9-5-7-11-16(14)17/h4-12,18-19H,1-3H3. The van der Waals surface area contributed by atoms with Crippen LogP contribution in [-0.2, 0) is 9.46 Å². The Morgan fingerprint density at radius 2 is 1.33 bits per heavy atom. The van der Waals surface area contributed by atoms with Gasteiger partial charge in [-0.2, -0.15) is 0 Å². The first-order valence-electron chi connectivity index (χ1n) is 7.20. The second-order valence-corrected chi connectivity index (χ2v) is 8.44. The molecule has 2 N–H and O–H groups in total. The summed E-state index contributed by atoms with van der Waals surface area (Å²) in [5, 5.41) is -0.884. The van der Waals surface area contributed by atoms with Gasteiger partial charge in [0.1, 0.15) is 0 Å². The minimum absolute atomic E-state index is 0.233. The van der Waals surface area contributed by atoms with E-state index >= 15 is 0 Å². The molecule has 110 valence electrons. The Labute approximate surface area is 126 Å². The van der Waals surface area contributed by atoms with E-state index in [1.54, 1.807) is 0 Å². The van der Waals surface area contributed by atoms with Gasteiger partial charge in [0.05, 0.1) is 5.04 Å². The summed E-state index contributed by atoms with van der Waals surface area (Å²) < 4.78 is 5.59. The summed E-state index contributed by atoms with van der Waals surface area (Å²) in [6.45, 7) is 5.53. The molecule has 0 unspecified atom stereocenters. The minimum Gasteiger partial charge on any atom is -0.389 e. The fourth-order valence-corrected chi connectivity index (χ4v) is 5.28. The summed E-state index contributed by atoms with van der Waals surface area (Å²) in [5.74, 6) is 0. The van der Waals surface area contributed by atoms with Crippen molar-refractivity contribution in [3.8, 4) is 11.1 Å². The SMILES string of the molecule is CC(C)O[Si](O)(O)C1(C)c2ccccc2-c2ccccc21. The molecule has 0 atom stereocenters. The van der Waals surface area contributed by atoms with Crippen molar-refractivity contribution in [2.45, 2.75) is 31.9 Å². The molecule has 2 aromatic carbocycles. The van der Waals surface area contributed by atoms with Gasteiger partial charge in [0.2, 0.25) is 0 Å². The van der Waals surface area contributed by atoms with Gasteiger partial charge in [-0.3, -0.25) is 0 Å². The quantitative estimate of drug-likeness (QED) is 0.857. The van der Waals surface area contributed by atoms with Crippen LogP contribution in [0.3, 0.4) is 0 Å². The molecule has 0 fully saturated rings. The molecule has 0 spiro atoms. The predicted molar refractivity (Wildman–Crippen MR) is 84.7 cm³/mol. The minimum atomic E-state index is -3.96. The van der Waals surface area contributed by atoms with Gasteiger partial charge in [0.25, 0.3) is 0 Å². The van der Waals surface area contributed by atoms with E-state index in [1.807, 2.05) is 69.3 Å². The first-order chi connectivity index (χ1) is 9.88. The van der Waals surface area contributed by atoms with Crippen LogP contribution in [0.4, 0.5) is 0 Å². The average Bonchev–Trinajstić information content (AvgIpc) is 2.70. The van der Waals surface area contributed by atoms with Gasteiger partial charge in [-0.15, -0.1) is 0 Å². The Morgan fingerprint density at radius 1 is 0.905 bits per heavy atom. The third-order valence-corrected chi connectivity index (χ3v) is 6.91. The van der Waals surface area contributed by atoms with Crippen molar-refractivity contribution in [1.82, 2.24) is 0 Å². The lowest BCUT2D eigenvalue weighted by Crippen LogP contribution is -2.58. The first kappa shape index (κ1) is 14.5. The van der Waals surface area contributed by atoms with Gasteiger partial charge in [-0.05, 0) is 43.0 Å². The molecule has 3 nitrogen and oxygen atoms in total. The number of fused-ring (bicyclic) bond motifs is 3. The third kappa shape index (κ3) is 1.98. The van der Waals surface area contributed by atoms with Crippen molar-refractivity contribution in [2.75, 3.05) is 0 Å². The van der Waals surface area contributed by atoms with Crippen LogP contribution in [0.15, 0.2) is 48.5 Å². The zero-order valence-corrected chi connectivity index (χ0v) is 13.5. The highest BCUT2D eigenvalue weighted by molar-refractivity contribution is 6.63. The molecule has 0 amide bonds. The molecule has 4 heteroatoms. The third-order valence-electron chi connectivity index (χ3n) is 4.27. The molecule has 2 aromatic rings. The first-order valence-corrected chi connectivity index (χ1v) is 9.00. The van der Waals surface area contributed by atoms with Crippen LogP contribution in [0.25, 0.3) is 11.1 Å². The van der Waals surface area contributed by atoms with E-state index < -0.39 is 13.8 Å². The molecule has 0 aliphatic heterocycles. The Hall–Kier alpha value is -1.46. The summed E-state index contributed by atoms with van der Waals surface area (Å²) in [7, 11) is -3.96. The highest BCUT2D eigenvalue weighted by Gasteiger charge is 2.60. The topological polar surface area (TPSA) is 49.7 Å². The fourth-order valence-electron chi connectivity index (χ4n) is 3.25. The van der Waals surface area contributed by atoms with Gasteiger partial charge >= 0.3 is 8.80 Å². The predicted octanol–water partition coefficient (Wildman–Crippen LogP) is 2.86. The van der Waals surface area contributed by atoms with Crippen LogP contribution >= 0.6 is 0 Å². The second-order valence-electron chi connectivity index (χ2n) is 5.99. The number of hydrogen-bond donors (Lipinski definition) is 2. The van der Waals surface area contributed by atoms with Crippen molar-refractivity contribution < 1.29 is 14.0 Å². The summed E-state index contributed by atoms with van der Waals surface area (Å²) in [6.07, 6.45) is -0.233. The molecule has 0 heterocycles. The molecule has 0 aromatic heterocycles. The second kappa shape index (κ2) is 4.78. The lowest BCUT2D eigenvalue weighted by molar-refractivity contribution is 0.0899. The smallest absolute Gasteiger partial charge is 0.389 e. The van der Waals surface area contributed by atoms with E-state index in [9.17, 15) is 9.59 Å². The van der Waals surface area contributed by atoms with Gasteiger partial charge in [-0.1, -0.05) is 48.5 Å². The van der Waals surface area contributed by atoms with E-state index in [-0.39, 0.29) is 6.10 Å². The van der Waals surface area contributed by atoms with Gasteiger partial charge in [0.15, 0.2) is 0 Å². The van der Waals surface area contributed by atoms with Crippen LogP contribution in [0, 0.1) is 0 Å². The lowest BCUT2D eigenvalue weighted by Gasteiger charge is -2.36. The lowest BCUT2D eigenvalue weighted by atomic mass is 9.98. The monoisotopic (exact) mass is 300 g/mol. The van der Waals surface area contributed by atoms with E-state index in [2.05, 4.69) is 0 Å². The summed E-state index contributed by atoms with van der Waals surface area (Å²) in [6, 6.07) is 15.8. The molecule has 3 rings (SSSR count). The molecule has 1 aliphatic carbocycles. The van der Waals surface area contributed by atoms with Crippen LogP contribution in [0.5, 0.6) is 0 Å². The van der Waals surface area contributed by atoms with Gasteiger partial charge < -0.3 is 14.0 Å². The van der Waals surface area contributed by atoms with E-state index in [1.165, 1.54) is 0 Å². The fraction of sp³-hybridized carbons (Fsp3) is 0.294. The number of benzene rings is 2. The molecular weight excluding hydrogens is 280 g/mol. The molecule has 0 bridgehead atoms. The van der Waals surface area contributed by atoms with Crippen molar-refractivity contribution in [3.05, 3.63) is 59.7 Å². The Kier molecular flexibility index (Phi) is 3.29. The van der Waals surface area contributed by atoms with Crippen molar-refractivity contribution >= 4 is 8.80 Å². The van der Waals surface area contributed by atoms with Crippen LogP contribution in [-0.4, -0.2) is 24.5 Å². The number of hydrogen-bond acceptors (Lipinski definition) is 3. The maximum atomic E-state index is 10.8. The molecule has 21 heavy (non-hydrogen) atoms. The molecule has 0 saturated carbocycles.